The Kier molecular flexibility index (Phi) is 5.94. The maximum Gasteiger partial charge on any atom is 0.269 e. The van der Waals surface area contributed by atoms with Crippen molar-refractivity contribution in [3.05, 3.63) is 95.6 Å². The van der Waals surface area contributed by atoms with Gasteiger partial charge in [-0.2, -0.15) is 0 Å². The van der Waals surface area contributed by atoms with E-state index in [9.17, 15) is 18.0 Å². The van der Waals surface area contributed by atoms with E-state index in [1.807, 2.05) is 6.92 Å². The number of hydrazine groups is 1. The first-order valence-electron chi connectivity index (χ1n) is 8.70. The standard InChI is InChI=1S/C21H19N3O4S/c1-15-10-12-16(13-11-15)20(25)22-23-21(26)17-6-5-7-18(14-17)24-29(27,28)19-8-3-2-4-9-19/h2-14,24H,1H3,(H,22,25)(H,23,26). The Morgan fingerprint density at radius 1 is 0.724 bits per heavy atom. The van der Waals surface area contributed by atoms with Gasteiger partial charge < -0.3 is 0 Å². The van der Waals surface area contributed by atoms with E-state index in [0.29, 0.717) is 5.56 Å². The van der Waals surface area contributed by atoms with Crippen LogP contribution >= 0.6 is 0 Å². The van der Waals surface area contributed by atoms with Gasteiger partial charge in [-0.05, 0) is 49.4 Å². The van der Waals surface area contributed by atoms with Crippen molar-refractivity contribution in [3.63, 3.8) is 0 Å². The molecule has 3 aromatic carbocycles. The number of nitrogens with one attached hydrogen (secondary N) is 3. The van der Waals surface area contributed by atoms with E-state index >= 15 is 0 Å². The molecule has 0 bridgehead atoms. The fourth-order valence-corrected chi connectivity index (χ4v) is 3.57. The number of amides is 2. The Morgan fingerprint density at radius 3 is 2.00 bits per heavy atom. The molecule has 29 heavy (non-hydrogen) atoms. The molecule has 0 heterocycles. The van der Waals surface area contributed by atoms with Crippen LogP contribution in [0.15, 0.2) is 83.8 Å². The van der Waals surface area contributed by atoms with E-state index < -0.39 is 21.8 Å². The van der Waals surface area contributed by atoms with Crippen LogP contribution in [0.4, 0.5) is 5.69 Å². The van der Waals surface area contributed by atoms with Crippen LogP contribution in [0.5, 0.6) is 0 Å². The Balaban J connectivity index is 1.66. The number of rotatable bonds is 5. The Bertz CT molecular complexity index is 1130. The summed E-state index contributed by atoms with van der Waals surface area (Å²) in [6, 6.07) is 20.7. The van der Waals surface area contributed by atoms with Crippen molar-refractivity contribution in [1.29, 1.82) is 0 Å². The van der Waals surface area contributed by atoms with Crippen molar-refractivity contribution in [3.8, 4) is 0 Å². The number of anilines is 1. The van der Waals surface area contributed by atoms with Gasteiger partial charge in [0.05, 0.1) is 4.90 Å². The van der Waals surface area contributed by atoms with Crippen molar-refractivity contribution in [2.75, 3.05) is 4.72 Å². The molecule has 0 saturated carbocycles. The van der Waals surface area contributed by atoms with E-state index in [1.54, 1.807) is 48.5 Å². The number of hydrogen-bond acceptors (Lipinski definition) is 4. The minimum absolute atomic E-state index is 0.111. The van der Waals surface area contributed by atoms with Crippen molar-refractivity contribution in [2.24, 2.45) is 0 Å². The molecule has 0 aliphatic carbocycles. The largest absolute Gasteiger partial charge is 0.280 e. The number of benzene rings is 3. The summed E-state index contributed by atoms with van der Waals surface area (Å²) in [6.45, 7) is 1.91. The molecule has 0 aliphatic rings. The molecule has 0 saturated heterocycles. The lowest BCUT2D eigenvalue weighted by Crippen LogP contribution is -2.41. The van der Waals surface area contributed by atoms with Crippen molar-refractivity contribution >= 4 is 27.5 Å². The number of hydrogen-bond donors (Lipinski definition) is 3. The molecule has 0 unspecified atom stereocenters. The summed E-state index contributed by atoms with van der Waals surface area (Å²) in [5.41, 5.74) is 6.48. The molecule has 0 radical (unpaired) electrons. The second-order valence-electron chi connectivity index (χ2n) is 6.27. The van der Waals surface area contributed by atoms with Gasteiger partial charge in [0.2, 0.25) is 0 Å². The van der Waals surface area contributed by atoms with Gasteiger partial charge in [-0.15, -0.1) is 0 Å². The molecule has 0 aliphatic heterocycles. The average molecular weight is 409 g/mol. The second kappa shape index (κ2) is 8.57. The highest BCUT2D eigenvalue weighted by atomic mass is 32.2. The van der Waals surface area contributed by atoms with Gasteiger partial charge in [-0.1, -0.05) is 42.0 Å². The van der Waals surface area contributed by atoms with Gasteiger partial charge in [-0.3, -0.25) is 25.2 Å². The molecule has 0 atom stereocenters. The zero-order chi connectivity index (χ0) is 20.9. The minimum atomic E-state index is -3.77. The first-order valence-corrected chi connectivity index (χ1v) is 10.2. The third kappa shape index (κ3) is 5.20. The normalized spacial score (nSPS) is 10.8. The van der Waals surface area contributed by atoms with Crippen LogP contribution in [0.2, 0.25) is 0 Å². The molecular formula is C21H19N3O4S. The Morgan fingerprint density at radius 2 is 1.34 bits per heavy atom. The second-order valence-corrected chi connectivity index (χ2v) is 7.96. The number of carbonyl (C=O) groups is 2. The zero-order valence-corrected chi connectivity index (χ0v) is 16.4. The van der Waals surface area contributed by atoms with Crippen LogP contribution in [-0.4, -0.2) is 20.2 Å². The molecule has 0 spiro atoms. The molecule has 3 rings (SSSR count). The van der Waals surface area contributed by atoms with Crippen molar-refractivity contribution < 1.29 is 18.0 Å². The summed E-state index contributed by atoms with van der Waals surface area (Å²) < 4.78 is 27.3. The molecule has 7 nitrogen and oxygen atoms in total. The van der Waals surface area contributed by atoms with Gasteiger partial charge >= 0.3 is 0 Å². The van der Waals surface area contributed by atoms with E-state index in [2.05, 4.69) is 15.6 Å². The molecule has 2 amide bonds. The summed E-state index contributed by atoms with van der Waals surface area (Å²) in [5.74, 6) is -1.04. The first-order chi connectivity index (χ1) is 13.8. The molecule has 8 heteroatoms. The molecule has 3 aromatic rings. The van der Waals surface area contributed by atoms with Gasteiger partial charge in [0.25, 0.3) is 21.8 Å². The summed E-state index contributed by atoms with van der Waals surface area (Å²) in [4.78, 5) is 24.5. The lowest BCUT2D eigenvalue weighted by atomic mass is 10.1. The van der Waals surface area contributed by atoms with Gasteiger partial charge in [-0.25, -0.2) is 8.42 Å². The third-order valence-electron chi connectivity index (χ3n) is 4.03. The van der Waals surface area contributed by atoms with Gasteiger partial charge in [0, 0.05) is 16.8 Å². The lowest BCUT2D eigenvalue weighted by molar-refractivity contribution is 0.0846. The van der Waals surface area contributed by atoms with E-state index in [4.69, 9.17) is 0 Å². The quantitative estimate of drug-likeness (QED) is 0.564. The van der Waals surface area contributed by atoms with Gasteiger partial charge in [0.1, 0.15) is 0 Å². The van der Waals surface area contributed by atoms with Gasteiger partial charge in [0.15, 0.2) is 0 Å². The fourth-order valence-electron chi connectivity index (χ4n) is 2.50. The van der Waals surface area contributed by atoms with Crippen molar-refractivity contribution in [1.82, 2.24) is 10.9 Å². The number of carbonyl (C=O) groups excluding carboxylic acids is 2. The van der Waals surface area contributed by atoms with E-state index in [-0.39, 0.29) is 16.1 Å². The first kappa shape index (κ1) is 20.1. The highest BCUT2D eigenvalue weighted by Gasteiger charge is 2.15. The summed E-state index contributed by atoms with van der Waals surface area (Å²) >= 11 is 0. The Hall–Kier alpha value is -3.65. The van der Waals surface area contributed by atoms with E-state index in [1.165, 1.54) is 30.3 Å². The van der Waals surface area contributed by atoms with Crippen LogP contribution in [-0.2, 0) is 10.0 Å². The molecule has 0 aromatic heterocycles. The highest BCUT2D eigenvalue weighted by molar-refractivity contribution is 7.92. The van der Waals surface area contributed by atoms with E-state index in [0.717, 1.165) is 5.56 Å². The molecule has 0 fully saturated rings. The van der Waals surface area contributed by atoms with Crippen molar-refractivity contribution in [2.45, 2.75) is 11.8 Å². The lowest BCUT2D eigenvalue weighted by Gasteiger charge is -2.10. The topological polar surface area (TPSA) is 104 Å². The maximum absolute atomic E-state index is 12.4. The smallest absolute Gasteiger partial charge is 0.269 e. The SMILES string of the molecule is Cc1ccc(C(=O)NNC(=O)c2cccc(NS(=O)(=O)c3ccccc3)c2)cc1. The third-order valence-corrected chi connectivity index (χ3v) is 5.43. The highest BCUT2D eigenvalue weighted by Crippen LogP contribution is 2.17. The molecule has 3 N–H and O–H groups in total. The van der Waals surface area contributed by atoms with Crippen LogP contribution < -0.4 is 15.6 Å². The Labute approximate surface area is 168 Å². The van der Waals surface area contributed by atoms with Crippen LogP contribution in [0, 0.1) is 6.92 Å². The summed E-state index contributed by atoms with van der Waals surface area (Å²) in [6.07, 6.45) is 0. The molecule has 148 valence electrons. The number of aryl methyl sites for hydroxylation is 1. The van der Waals surface area contributed by atoms with Crippen LogP contribution in [0.25, 0.3) is 0 Å². The predicted molar refractivity (Wildman–Crippen MR) is 110 cm³/mol. The average Bonchev–Trinajstić information content (AvgIpc) is 2.73. The van der Waals surface area contributed by atoms with Crippen LogP contribution in [0.3, 0.4) is 0 Å². The molecular weight excluding hydrogens is 390 g/mol. The number of sulfonamides is 1. The fraction of sp³-hybridized carbons (Fsp3) is 0.0476. The minimum Gasteiger partial charge on any atom is -0.280 e. The summed E-state index contributed by atoms with van der Waals surface area (Å²) in [5, 5.41) is 0. The monoisotopic (exact) mass is 409 g/mol. The van der Waals surface area contributed by atoms with Crippen LogP contribution in [0.1, 0.15) is 26.3 Å². The zero-order valence-electron chi connectivity index (χ0n) is 15.5. The predicted octanol–water partition coefficient (Wildman–Crippen LogP) is 2.87. The maximum atomic E-state index is 12.4. The summed E-state index contributed by atoms with van der Waals surface area (Å²) in [7, 11) is -3.77.